The molecular weight excluding hydrogens is 361 g/mol. The highest BCUT2D eigenvalue weighted by atomic mass is 35.5. The van der Waals surface area contributed by atoms with E-state index in [0.717, 1.165) is 5.56 Å². The van der Waals surface area contributed by atoms with Gasteiger partial charge in [-0.2, -0.15) is 5.10 Å². The number of nitrogens with zero attached hydrogens (tertiary/aromatic N) is 1. The van der Waals surface area contributed by atoms with Crippen molar-refractivity contribution in [1.82, 2.24) is 10.7 Å². The molecule has 0 unspecified atom stereocenters. The molecule has 0 fully saturated rings. The molecular formula is C18H17Cl2N3O2. The standard InChI is InChI=1S/C18H17Cl2N3O2/c19-15-7-6-14(10-16(15)20)12-22-23-18(25)11-17(24)21-9-8-13-4-2-1-3-5-13/h1-7,10,12H,8-9,11H2,(H,21,24)(H,23,25)/b22-12-. The molecule has 2 N–H and O–H groups in total. The fourth-order valence-electron chi connectivity index (χ4n) is 2.01. The Balaban J connectivity index is 1.69. The summed E-state index contributed by atoms with van der Waals surface area (Å²) in [6.07, 6.45) is 1.85. The molecule has 25 heavy (non-hydrogen) atoms. The monoisotopic (exact) mass is 377 g/mol. The van der Waals surface area contributed by atoms with Crippen molar-refractivity contribution in [2.75, 3.05) is 6.54 Å². The molecule has 2 aromatic carbocycles. The van der Waals surface area contributed by atoms with Crippen LogP contribution >= 0.6 is 23.2 Å². The minimum atomic E-state index is -0.492. The van der Waals surface area contributed by atoms with Gasteiger partial charge < -0.3 is 5.32 Å². The van der Waals surface area contributed by atoms with Crippen LogP contribution in [0.3, 0.4) is 0 Å². The molecule has 0 aliphatic heterocycles. The summed E-state index contributed by atoms with van der Waals surface area (Å²) in [5.41, 5.74) is 4.10. The van der Waals surface area contributed by atoms with Crippen LogP contribution in [0, 0.1) is 0 Å². The predicted molar refractivity (Wildman–Crippen MR) is 100.0 cm³/mol. The summed E-state index contributed by atoms with van der Waals surface area (Å²) in [4.78, 5) is 23.4. The van der Waals surface area contributed by atoms with Crippen LogP contribution in [0.15, 0.2) is 53.6 Å². The lowest BCUT2D eigenvalue weighted by Crippen LogP contribution is -2.31. The average molecular weight is 378 g/mol. The number of carbonyl (C=O) groups is 2. The minimum Gasteiger partial charge on any atom is -0.355 e. The number of hydrazone groups is 1. The van der Waals surface area contributed by atoms with Crippen LogP contribution < -0.4 is 10.7 Å². The van der Waals surface area contributed by atoms with Crippen LogP contribution in [0.4, 0.5) is 0 Å². The highest BCUT2D eigenvalue weighted by Gasteiger charge is 2.08. The molecule has 0 bridgehead atoms. The number of nitrogens with one attached hydrogen (secondary N) is 2. The third-order valence-electron chi connectivity index (χ3n) is 3.25. The van der Waals surface area contributed by atoms with E-state index in [1.54, 1.807) is 18.2 Å². The molecule has 2 rings (SSSR count). The topological polar surface area (TPSA) is 70.6 Å². The molecule has 0 saturated carbocycles. The van der Waals surface area contributed by atoms with Gasteiger partial charge in [0.05, 0.1) is 16.3 Å². The van der Waals surface area contributed by atoms with E-state index in [-0.39, 0.29) is 12.3 Å². The Labute approximate surface area is 156 Å². The number of benzene rings is 2. The van der Waals surface area contributed by atoms with Gasteiger partial charge in [0.1, 0.15) is 6.42 Å². The van der Waals surface area contributed by atoms with E-state index in [9.17, 15) is 9.59 Å². The molecule has 2 amide bonds. The SMILES string of the molecule is O=C(CC(=O)N/N=C\c1ccc(Cl)c(Cl)c1)NCCc1ccccc1. The van der Waals surface area contributed by atoms with Crippen LogP contribution in [-0.4, -0.2) is 24.6 Å². The van der Waals surface area contributed by atoms with E-state index in [2.05, 4.69) is 15.8 Å². The normalized spacial score (nSPS) is 10.6. The van der Waals surface area contributed by atoms with Crippen molar-refractivity contribution < 1.29 is 9.59 Å². The molecule has 5 nitrogen and oxygen atoms in total. The Morgan fingerprint density at radius 1 is 1.00 bits per heavy atom. The van der Waals surface area contributed by atoms with Gasteiger partial charge in [-0.1, -0.05) is 59.6 Å². The molecule has 0 radical (unpaired) electrons. The summed E-state index contributed by atoms with van der Waals surface area (Å²) in [5.74, 6) is -0.841. The summed E-state index contributed by atoms with van der Waals surface area (Å²) in [5, 5.41) is 7.32. The number of amides is 2. The van der Waals surface area contributed by atoms with Gasteiger partial charge in [0.2, 0.25) is 11.8 Å². The second-order valence-corrected chi connectivity index (χ2v) is 6.04. The van der Waals surface area contributed by atoms with E-state index in [0.29, 0.717) is 28.6 Å². The zero-order valence-electron chi connectivity index (χ0n) is 13.3. The Morgan fingerprint density at radius 3 is 2.48 bits per heavy atom. The van der Waals surface area contributed by atoms with E-state index >= 15 is 0 Å². The average Bonchev–Trinajstić information content (AvgIpc) is 2.59. The summed E-state index contributed by atoms with van der Waals surface area (Å²) in [6.45, 7) is 0.475. The number of rotatable bonds is 7. The predicted octanol–water partition coefficient (Wildman–Crippen LogP) is 3.19. The quantitative estimate of drug-likeness (QED) is 0.441. The van der Waals surface area contributed by atoms with Crippen LogP contribution in [0.2, 0.25) is 10.0 Å². The Hall–Kier alpha value is -2.37. The maximum atomic E-state index is 11.7. The van der Waals surface area contributed by atoms with Crippen LogP contribution in [-0.2, 0) is 16.0 Å². The van der Waals surface area contributed by atoms with E-state index in [4.69, 9.17) is 23.2 Å². The van der Waals surface area contributed by atoms with Gasteiger partial charge in [0, 0.05) is 6.54 Å². The van der Waals surface area contributed by atoms with Gasteiger partial charge in [0.25, 0.3) is 0 Å². The van der Waals surface area contributed by atoms with Crippen molar-refractivity contribution in [3.05, 3.63) is 69.7 Å². The fourth-order valence-corrected chi connectivity index (χ4v) is 2.32. The van der Waals surface area contributed by atoms with Crippen molar-refractivity contribution >= 4 is 41.2 Å². The van der Waals surface area contributed by atoms with Gasteiger partial charge >= 0.3 is 0 Å². The molecule has 0 spiro atoms. The molecule has 0 aromatic heterocycles. The summed E-state index contributed by atoms with van der Waals surface area (Å²) in [7, 11) is 0. The first-order valence-electron chi connectivity index (χ1n) is 7.62. The Bertz CT molecular complexity index is 764. The number of hydrogen-bond acceptors (Lipinski definition) is 3. The Kier molecular flexibility index (Phi) is 7.44. The number of hydrogen-bond donors (Lipinski definition) is 2. The van der Waals surface area contributed by atoms with Crippen molar-refractivity contribution in [3.8, 4) is 0 Å². The van der Waals surface area contributed by atoms with Gasteiger partial charge in [-0.15, -0.1) is 0 Å². The lowest BCUT2D eigenvalue weighted by Gasteiger charge is -2.04. The molecule has 0 saturated heterocycles. The van der Waals surface area contributed by atoms with Crippen molar-refractivity contribution in [2.24, 2.45) is 5.10 Å². The van der Waals surface area contributed by atoms with E-state index < -0.39 is 5.91 Å². The zero-order valence-corrected chi connectivity index (χ0v) is 14.8. The first kappa shape index (κ1) is 19.0. The van der Waals surface area contributed by atoms with E-state index in [1.807, 2.05) is 30.3 Å². The molecule has 7 heteroatoms. The molecule has 0 aliphatic carbocycles. The maximum Gasteiger partial charge on any atom is 0.249 e. The first-order valence-corrected chi connectivity index (χ1v) is 8.38. The van der Waals surface area contributed by atoms with Crippen LogP contribution in [0.5, 0.6) is 0 Å². The smallest absolute Gasteiger partial charge is 0.249 e. The maximum absolute atomic E-state index is 11.7. The molecule has 2 aromatic rings. The van der Waals surface area contributed by atoms with Gasteiger partial charge in [-0.05, 0) is 29.7 Å². The number of carbonyl (C=O) groups excluding carboxylic acids is 2. The minimum absolute atomic E-state index is 0.284. The van der Waals surface area contributed by atoms with Crippen LogP contribution in [0.25, 0.3) is 0 Å². The molecule has 0 aliphatic rings. The number of halogens is 2. The first-order chi connectivity index (χ1) is 12.0. The van der Waals surface area contributed by atoms with Gasteiger partial charge in [0.15, 0.2) is 0 Å². The van der Waals surface area contributed by atoms with Gasteiger partial charge in [-0.3, -0.25) is 9.59 Å². The summed E-state index contributed by atoms with van der Waals surface area (Å²) < 4.78 is 0. The lowest BCUT2D eigenvalue weighted by molar-refractivity contribution is -0.129. The third-order valence-corrected chi connectivity index (χ3v) is 3.99. The largest absolute Gasteiger partial charge is 0.355 e. The van der Waals surface area contributed by atoms with E-state index in [1.165, 1.54) is 6.21 Å². The zero-order chi connectivity index (χ0) is 18.1. The summed E-state index contributed by atoms with van der Waals surface area (Å²) in [6, 6.07) is 14.7. The second kappa shape index (κ2) is 9.81. The Morgan fingerprint density at radius 2 is 1.76 bits per heavy atom. The third kappa shape index (κ3) is 6.95. The lowest BCUT2D eigenvalue weighted by atomic mass is 10.1. The molecule has 0 atom stereocenters. The molecule has 0 heterocycles. The van der Waals surface area contributed by atoms with Crippen LogP contribution in [0.1, 0.15) is 17.5 Å². The molecule has 130 valence electrons. The second-order valence-electron chi connectivity index (χ2n) is 5.23. The summed E-state index contributed by atoms with van der Waals surface area (Å²) >= 11 is 11.7. The van der Waals surface area contributed by atoms with Crippen molar-refractivity contribution in [2.45, 2.75) is 12.8 Å². The van der Waals surface area contributed by atoms with Crippen molar-refractivity contribution in [3.63, 3.8) is 0 Å². The van der Waals surface area contributed by atoms with Crippen molar-refractivity contribution in [1.29, 1.82) is 0 Å². The highest BCUT2D eigenvalue weighted by molar-refractivity contribution is 6.42. The fraction of sp³-hybridized carbons (Fsp3) is 0.167. The highest BCUT2D eigenvalue weighted by Crippen LogP contribution is 2.21. The van der Waals surface area contributed by atoms with Gasteiger partial charge in [-0.25, -0.2) is 5.43 Å².